The monoisotopic (exact) mass is 320 g/mol. The maximum Gasteiger partial charge on any atom is 0.111 e. The third-order valence-corrected chi connectivity index (χ3v) is 4.84. The maximum atomic E-state index is 5.85. The van der Waals surface area contributed by atoms with E-state index in [0.717, 1.165) is 42.1 Å². The topological polar surface area (TPSA) is 27.1 Å². The fourth-order valence-corrected chi connectivity index (χ4v) is 3.14. The predicted molar refractivity (Wildman–Crippen MR) is 95.5 cm³/mol. The van der Waals surface area contributed by atoms with Gasteiger partial charge < -0.3 is 9.30 Å². The zero-order chi connectivity index (χ0) is 16.4. The summed E-state index contributed by atoms with van der Waals surface area (Å²) in [6.45, 7) is 0.894. The van der Waals surface area contributed by atoms with Crippen LogP contribution in [0.1, 0.15) is 43.5 Å². The first-order chi connectivity index (χ1) is 11.8. The van der Waals surface area contributed by atoms with Crippen LogP contribution in [-0.2, 0) is 18.2 Å². The molecule has 1 atom stereocenters. The lowest BCUT2D eigenvalue weighted by Crippen LogP contribution is -2.22. The average Bonchev–Trinajstić information content (AvgIpc) is 3.38. The fourth-order valence-electron chi connectivity index (χ4n) is 3.14. The van der Waals surface area contributed by atoms with Crippen LogP contribution in [0.15, 0.2) is 30.5 Å². The second-order valence-electron chi connectivity index (χ2n) is 6.97. The van der Waals surface area contributed by atoms with Crippen molar-refractivity contribution in [2.45, 2.75) is 44.6 Å². The Balaban J connectivity index is 1.47. The standard InChI is InChI=1S/C21H24N2O/c1-23-15-20(22-21(23)14-19-4-2-3-13-24-19)18-11-9-17(10-12-18)8-7-16-5-6-16/h9-12,15-16,19H,2-6,13-14H2,1H3/t19-/m1/s1. The Kier molecular flexibility index (Phi) is 4.40. The van der Waals surface area contributed by atoms with Crippen molar-refractivity contribution in [3.05, 3.63) is 41.9 Å². The van der Waals surface area contributed by atoms with Gasteiger partial charge in [-0.3, -0.25) is 0 Å². The quantitative estimate of drug-likeness (QED) is 0.800. The maximum absolute atomic E-state index is 5.85. The molecular formula is C21H24N2O. The Labute approximate surface area is 144 Å². The summed E-state index contributed by atoms with van der Waals surface area (Å²) in [6.07, 6.45) is 9.50. The molecule has 24 heavy (non-hydrogen) atoms. The van der Waals surface area contributed by atoms with Gasteiger partial charge in [-0.1, -0.05) is 24.0 Å². The van der Waals surface area contributed by atoms with Gasteiger partial charge in [0.05, 0.1) is 11.8 Å². The van der Waals surface area contributed by atoms with Gasteiger partial charge in [0.2, 0.25) is 0 Å². The van der Waals surface area contributed by atoms with Crippen LogP contribution in [0.2, 0.25) is 0 Å². The molecule has 4 rings (SSSR count). The molecule has 2 fully saturated rings. The predicted octanol–water partition coefficient (Wildman–Crippen LogP) is 3.96. The summed E-state index contributed by atoms with van der Waals surface area (Å²) in [7, 11) is 2.07. The zero-order valence-corrected chi connectivity index (χ0v) is 14.3. The van der Waals surface area contributed by atoms with Gasteiger partial charge in [-0.25, -0.2) is 4.98 Å². The van der Waals surface area contributed by atoms with E-state index in [9.17, 15) is 0 Å². The molecule has 2 aromatic rings. The number of aromatic nitrogens is 2. The Hall–Kier alpha value is -2.05. The van der Waals surface area contributed by atoms with Gasteiger partial charge in [0.25, 0.3) is 0 Å². The summed E-state index contributed by atoms with van der Waals surface area (Å²) in [4.78, 5) is 4.83. The Morgan fingerprint density at radius 3 is 2.71 bits per heavy atom. The minimum atomic E-state index is 0.327. The Morgan fingerprint density at radius 1 is 1.17 bits per heavy atom. The summed E-state index contributed by atoms with van der Waals surface area (Å²) in [6, 6.07) is 8.45. The van der Waals surface area contributed by atoms with Crippen LogP contribution >= 0.6 is 0 Å². The van der Waals surface area contributed by atoms with E-state index in [2.05, 4.69) is 53.9 Å². The Bertz CT molecular complexity index is 753. The van der Waals surface area contributed by atoms with Gasteiger partial charge in [0, 0.05) is 43.3 Å². The lowest BCUT2D eigenvalue weighted by molar-refractivity contribution is 0.0153. The SMILES string of the molecule is Cn1cc(-c2ccc(C#CC3CC3)cc2)nc1C[C@H]1CCCCO1. The van der Waals surface area contributed by atoms with E-state index in [1.807, 2.05) is 0 Å². The third kappa shape index (κ3) is 3.71. The first-order valence-electron chi connectivity index (χ1n) is 9.04. The van der Waals surface area contributed by atoms with Crippen molar-refractivity contribution in [3.63, 3.8) is 0 Å². The molecule has 1 aromatic carbocycles. The van der Waals surface area contributed by atoms with Crippen LogP contribution in [0.3, 0.4) is 0 Å². The summed E-state index contributed by atoms with van der Waals surface area (Å²) in [5, 5.41) is 0. The molecule has 3 heteroatoms. The average molecular weight is 320 g/mol. The van der Waals surface area contributed by atoms with Crippen LogP contribution in [0.25, 0.3) is 11.3 Å². The number of nitrogens with zero attached hydrogens (tertiary/aromatic N) is 2. The van der Waals surface area contributed by atoms with Gasteiger partial charge in [-0.2, -0.15) is 0 Å². The molecule has 0 radical (unpaired) electrons. The van der Waals surface area contributed by atoms with Crippen LogP contribution in [0, 0.1) is 17.8 Å². The molecule has 1 saturated heterocycles. The highest BCUT2D eigenvalue weighted by Crippen LogP contribution is 2.27. The number of ether oxygens (including phenoxy) is 1. The van der Waals surface area contributed by atoms with E-state index >= 15 is 0 Å². The van der Waals surface area contributed by atoms with Gasteiger partial charge in [0.1, 0.15) is 5.82 Å². The van der Waals surface area contributed by atoms with Crippen molar-refractivity contribution < 1.29 is 4.74 Å². The number of rotatable bonds is 3. The van der Waals surface area contributed by atoms with Crippen molar-refractivity contribution in [1.82, 2.24) is 9.55 Å². The molecule has 0 bridgehead atoms. The molecule has 0 amide bonds. The second-order valence-corrected chi connectivity index (χ2v) is 6.97. The number of hydrogen-bond donors (Lipinski definition) is 0. The van der Waals surface area contributed by atoms with Crippen molar-refractivity contribution in [3.8, 4) is 23.1 Å². The zero-order valence-electron chi connectivity index (χ0n) is 14.3. The molecule has 0 unspecified atom stereocenters. The lowest BCUT2D eigenvalue weighted by Gasteiger charge is -2.22. The molecular weight excluding hydrogens is 296 g/mol. The first-order valence-corrected chi connectivity index (χ1v) is 9.04. The number of hydrogen-bond acceptors (Lipinski definition) is 2. The van der Waals surface area contributed by atoms with E-state index in [1.54, 1.807) is 0 Å². The van der Waals surface area contributed by atoms with Gasteiger partial charge in [-0.05, 0) is 44.2 Å². The second kappa shape index (κ2) is 6.83. The molecule has 0 spiro atoms. The Morgan fingerprint density at radius 2 is 2.00 bits per heavy atom. The molecule has 2 aliphatic rings. The highest BCUT2D eigenvalue weighted by molar-refractivity contribution is 5.60. The molecule has 1 saturated carbocycles. The smallest absolute Gasteiger partial charge is 0.111 e. The number of benzene rings is 1. The van der Waals surface area contributed by atoms with Gasteiger partial charge in [0.15, 0.2) is 0 Å². The fraction of sp³-hybridized carbons (Fsp3) is 0.476. The van der Waals surface area contributed by atoms with Crippen molar-refractivity contribution >= 4 is 0 Å². The molecule has 1 aromatic heterocycles. The lowest BCUT2D eigenvalue weighted by atomic mass is 10.1. The molecule has 124 valence electrons. The normalized spacial score (nSPS) is 20.5. The number of imidazole rings is 1. The minimum Gasteiger partial charge on any atom is -0.378 e. The van der Waals surface area contributed by atoms with E-state index in [4.69, 9.17) is 9.72 Å². The summed E-state index contributed by atoms with van der Waals surface area (Å²) < 4.78 is 7.98. The first kappa shape index (κ1) is 15.5. The minimum absolute atomic E-state index is 0.327. The third-order valence-electron chi connectivity index (χ3n) is 4.84. The highest BCUT2D eigenvalue weighted by Gasteiger charge is 2.18. The van der Waals surface area contributed by atoms with Crippen LogP contribution in [0.5, 0.6) is 0 Å². The van der Waals surface area contributed by atoms with Crippen LogP contribution in [-0.4, -0.2) is 22.3 Å². The molecule has 0 N–H and O–H groups in total. The largest absolute Gasteiger partial charge is 0.378 e. The molecule has 1 aliphatic heterocycles. The summed E-state index contributed by atoms with van der Waals surface area (Å²) in [5.41, 5.74) is 3.28. The molecule has 3 nitrogen and oxygen atoms in total. The van der Waals surface area contributed by atoms with Crippen LogP contribution in [0.4, 0.5) is 0 Å². The highest BCUT2D eigenvalue weighted by atomic mass is 16.5. The van der Waals surface area contributed by atoms with Gasteiger partial charge >= 0.3 is 0 Å². The van der Waals surface area contributed by atoms with Crippen LogP contribution < -0.4 is 0 Å². The van der Waals surface area contributed by atoms with E-state index in [1.165, 1.54) is 25.7 Å². The van der Waals surface area contributed by atoms with Crippen molar-refractivity contribution in [2.75, 3.05) is 6.61 Å². The van der Waals surface area contributed by atoms with Gasteiger partial charge in [-0.15, -0.1) is 0 Å². The van der Waals surface area contributed by atoms with E-state index in [-0.39, 0.29) is 0 Å². The molecule has 1 aliphatic carbocycles. The van der Waals surface area contributed by atoms with E-state index in [0.29, 0.717) is 12.0 Å². The molecule has 2 heterocycles. The summed E-state index contributed by atoms with van der Waals surface area (Å²) in [5.74, 6) is 8.32. The van der Waals surface area contributed by atoms with E-state index < -0.39 is 0 Å². The number of aryl methyl sites for hydroxylation is 1. The van der Waals surface area contributed by atoms with Crippen molar-refractivity contribution in [2.24, 2.45) is 13.0 Å². The van der Waals surface area contributed by atoms with Crippen molar-refractivity contribution in [1.29, 1.82) is 0 Å². The summed E-state index contributed by atoms with van der Waals surface area (Å²) >= 11 is 0.